The van der Waals surface area contributed by atoms with Crippen molar-refractivity contribution < 1.29 is 9.90 Å². The number of hydrogen-bond acceptors (Lipinski definition) is 2. The first kappa shape index (κ1) is 11.0. The molecule has 0 fully saturated rings. The third-order valence-corrected chi connectivity index (χ3v) is 3.24. The summed E-state index contributed by atoms with van der Waals surface area (Å²) < 4.78 is 0. The Morgan fingerprint density at radius 3 is 3.00 bits per heavy atom. The van der Waals surface area contributed by atoms with E-state index in [9.17, 15) is 4.79 Å². The van der Waals surface area contributed by atoms with Gasteiger partial charge in [0, 0.05) is 18.8 Å². The van der Waals surface area contributed by atoms with E-state index in [4.69, 9.17) is 5.11 Å². The Bertz CT molecular complexity index is 389. The van der Waals surface area contributed by atoms with Gasteiger partial charge in [-0.3, -0.25) is 4.79 Å². The molecule has 1 atom stereocenters. The molecule has 0 radical (unpaired) electrons. The van der Waals surface area contributed by atoms with Crippen LogP contribution in [-0.2, 0) is 11.2 Å². The smallest absolute Gasteiger partial charge is 0.306 e. The molecule has 0 saturated carbocycles. The second kappa shape index (κ2) is 4.56. The van der Waals surface area contributed by atoms with Crippen molar-refractivity contribution in [3.63, 3.8) is 0 Å². The summed E-state index contributed by atoms with van der Waals surface area (Å²) in [4.78, 5) is 13.0. The average Bonchev–Trinajstić information content (AvgIpc) is 2.69. The molecule has 1 heterocycles. The van der Waals surface area contributed by atoms with Crippen molar-refractivity contribution in [1.82, 2.24) is 0 Å². The Balaban J connectivity index is 1.96. The van der Waals surface area contributed by atoms with Crippen LogP contribution in [0.2, 0.25) is 0 Å². The number of fused-ring (bicyclic) bond motifs is 1. The maximum Gasteiger partial charge on any atom is 0.306 e. The Kier molecular flexibility index (Phi) is 3.13. The highest BCUT2D eigenvalue weighted by Crippen LogP contribution is 2.27. The molecule has 2 rings (SSSR count). The molecule has 3 nitrogen and oxygen atoms in total. The molecule has 0 spiro atoms. The number of carbonyl (C=O) groups is 1. The molecule has 1 aromatic carbocycles. The van der Waals surface area contributed by atoms with E-state index in [2.05, 4.69) is 23.1 Å². The van der Waals surface area contributed by atoms with Gasteiger partial charge in [0.1, 0.15) is 0 Å². The zero-order valence-electron chi connectivity index (χ0n) is 9.52. The molecule has 1 N–H and O–H groups in total. The van der Waals surface area contributed by atoms with Crippen molar-refractivity contribution in [3.05, 3.63) is 29.8 Å². The van der Waals surface area contributed by atoms with E-state index in [1.807, 2.05) is 6.07 Å². The molecule has 0 aromatic heterocycles. The van der Waals surface area contributed by atoms with Gasteiger partial charge in [0.25, 0.3) is 0 Å². The zero-order chi connectivity index (χ0) is 11.5. The van der Waals surface area contributed by atoms with Crippen molar-refractivity contribution in [1.29, 1.82) is 0 Å². The molecule has 1 aliphatic heterocycles. The predicted octanol–water partition coefficient (Wildman–Crippen LogP) is 2.16. The van der Waals surface area contributed by atoms with Crippen molar-refractivity contribution in [2.75, 3.05) is 18.0 Å². The number of para-hydroxylation sites is 1. The number of anilines is 1. The summed E-state index contributed by atoms with van der Waals surface area (Å²) in [7, 11) is 0. The molecule has 3 heteroatoms. The van der Waals surface area contributed by atoms with Crippen LogP contribution >= 0.6 is 0 Å². The molecule has 0 bridgehead atoms. The first-order valence-corrected chi connectivity index (χ1v) is 5.74. The number of carboxylic acids is 1. The van der Waals surface area contributed by atoms with Crippen LogP contribution in [0.25, 0.3) is 0 Å². The molecule has 1 aliphatic rings. The third kappa shape index (κ3) is 2.18. The highest BCUT2D eigenvalue weighted by molar-refractivity contribution is 5.69. The van der Waals surface area contributed by atoms with E-state index >= 15 is 0 Å². The summed E-state index contributed by atoms with van der Waals surface area (Å²) >= 11 is 0. The third-order valence-electron chi connectivity index (χ3n) is 3.24. The normalized spacial score (nSPS) is 15.9. The number of benzene rings is 1. The average molecular weight is 219 g/mol. The van der Waals surface area contributed by atoms with E-state index in [1.54, 1.807) is 6.92 Å². The number of rotatable bonds is 4. The maximum absolute atomic E-state index is 10.7. The van der Waals surface area contributed by atoms with Gasteiger partial charge in [0.2, 0.25) is 0 Å². The van der Waals surface area contributed by atoms with Gasteiger partial charge in [-0.1, -0.05) is 25.1 Å². The number of carboxylic acid groups (broad SMARTS) is 1. The number of aliphatic carboxylic acids is 1. The van der Waals surface area contributed by atoms with Gasteiger partial charge in [0.05, 0.1) is 5.92 Å². The van der Waals surface area contributed by atoms with Gasteiger partial charge in [-0.05, 0) is 24.5 Å². The van der Waals surface area contributed by atoms with E-state index in [1.165, 1.54) is 11.3 Å². The Morgan fingerprint density at radius 2 is 2.25 bits per heavy atom. The quantitative estimate of drug-likeness (QED) is 0.843. The summed E-state index contributed by atoms with van der Waals surface area (Å²) in [5, 5.41) is 8.83. The minimum Gasteiger partial charge on any atom is -0.481 e. The van der Waals surface area contributed by atoms with Gasteiger partial charge in [0.15, 0.2) is 0 Å². The molecule has 86 valence electrons. The summed E-state index contributed by atoms with van der Waals surface area (Å²) in [5.41, 5.74) is 2.66. The molecule has 0 aliphatic carbocycles. The second-order valence-electron chi connectivity index (χ2n) is 4.39. The van der Waals surface area contributed by atoms with Crippen LogP contribution in [0.3, 0.4) is 0 Å². The molecular formula is C13H17NO2. The largest absolute Gasteiger partial charge is 0.481 e. The lowest BCUT2D eigenvalue weighted by Gasteiger charge is -2.20. The van der Waals surface area contributed by atoms with Gasteiger partial charge in [-0.15, -0.1) is 0 Å². The first-order chi connectivity index (χ1) is 7.68. The van der Waals surface area contributed by atoms with E-state index < -0.39 is 5.97 Å². The monoisotopic (exact) mass is 219 g/mol. The summed E-state index contributed by atoms with van der Waals surface area (Å²) in [6, 6.07) is 8.36. The number of hydrogen-bond donors (Lipinski definition) is 1. The van der Waals surface area contributed by atoms with Crippen LogP contribution in [0, 0.1) is 5.92 Å². The summed E-state index contributed by atoms with van der Waals surface area (Å²) in [5.74, 6) is -0.958. The van der Waals surface area contributed by atoms with Crippen molar-refractivity contribution in [2.24, 2.45) is 5.92 Å². The van der Waals surface area contributed by atoms with Crippen LogP contribution in [-0.4, -0.2) is 24.2 Å². The fourth-order valence-corrected chi connectivity index (χ4v) is 2.11. The van der Waals surface area contributed by atoms with Crippen LogP contribution in [0.1, 0.15) is 18.9 Å². The van der Waals surface area contributed by atoms with E-state index in [0.717, 1.165) is 19.5 Å². The topological polar surface area (TPSA) is 40.5 Å². The zero-order valence-corrected chi connectivity index (χ0v) is 9.52. The van der Waals surface area contributed by atoms with E-state index in [0.29, 0.717) is 6.42 Å². The minimum atomic E-state index is -0.701. The molecule has 0 saturated heterocycles. The Morgan fingerprint density at radius 1 is 1.50 bits per heavy atom. The molecule has 0 amide bonds. The summed E-state index contributed by atoms with van der Waals surface area (Å²) in [6.07, 6.45) is 1.79. The lowest BCUT2D eigenvalue weighted by molar-refractivity contribution is -0.141. The van der Waals surface area contributed by atoms with Crippen molar-refractivity contribution >= 4 is 11.7 Å². The fraction of sp³-hybridized carbons (Fsp3) is 0.462. The second-order valence-corrected chi connectivity index (χ2v) is 4.39. The van der Waals surface area contributed by atoms with E-state index in [-0.39, 0.29) is 5.92 Å². The molecular weight excluding hydrogens is 202 g/mol. The van der Waals surface area contributed by atoms with Crippen LogP contribution in [0.5, 0.6) is 0 Å². The van der Waals surface area contributed by atoms with Crippen LogP contribution in [0.15, 0.2) is 24.3 Å². The Hall–Kier alpha value is -1.51. The van der Waals surface area contributed by atoms with Gasteiger partial charge in [-0.25, -0.2) is 0 Å². The lowest BCUT2D eigenvalue weighted by atomic mass is 10.1. The van der Waals surface area contributed by atoms with Gasteiger partial charge < -0.3 is 10.0 Å². The predicted molar refractivity (Wildman–Crippen MR) is 63.8 cm³/mol. The molecule has 16 heavy (non-hydrogen) atoms. The Labute approximate surface area is 95.7 Å². The van der Waals surface area contributed by atoms with Gasteiger partial charge in [-0.2, -0.15) is 0 Å². The first-order valence-electron chi connectivity index (χ1n) is 5.74. The maximum atomic E-state index is 10.7. The lowest BCUT2D eigenvalue weighted by Crippen LogP contribution is -2.25. The molecule has 1 aromatic rings. The fourth-order valence-electron chi connectivity index (χ4n) is 2.11. The summed E-state index contributed by atoms with van der Waals surface area (Å²) in [6.45, 7) is 3.63. The number of nitrogens with zero attached hydrogens (tertiary/aromatic N) is 1. The highest BCUT2D eigenvalue weighted by atomic mass is 16.4. The standard InChI is InChI=1S/C13H17NO2/c1-10(13(15)16)6-8-14-9-7-11-4-2-3-5-12(11)14/h2-5,10H,6-9H2,1H3,(H,15,16). The highest BCUT2D eigenvalue weighted by Gasteiger charge is 2.19. The van der Waals surface area contributed by atoms with Gasteiger partial charge >= 0.3 is 5.97 Å². The van der Waals surface area contributed by atoms with Crippen LogP contribution < -0.4 is 4.90 Å². The van der Waals surface area contributed by atoms with Crippen LogP contribution in [0.4, 0.5) is 5.69 Å². The SMILES string of the molecule is CC(CCN1CCc2ccccc21)C(=O)O. The minimum absolute atomic E-state index is 0.257. The molecule has 1 unspecified atom stereocenters. The van der Waals surface area contributed by atoms with Crippen molar-refractivity contribution in [2.45, 2.75) is 19.8 Å². The van der Waals surface area contributed by atoms with Crippen molar-refractivity contribution in [3.8, 4) is 0 Å².